The molecule has 0 fully saturated rings. The number of carbonyl (C=O) groups excluding carboxylic acids is 1. The van der Waals surface area contributed by atoms with Crippen LogP contribution in [0.1, 0.15) is 10.4 Å². The second kappa shape index (κ2) is 5.75. The van der Waals surface area contributed by atoms with Gasteiger partial charge in [-0.2, -0.15) is 0 Å². The molecule has 0 saturated carbocycles. The summed E-state index contributed by atoms with van der Waals surface area (Å²) < 4.78 is 14.0. The molecule has 3 N–H and O–H groups in total. The summed E-state index contributed by atoms with van der Waals surface area (Å²) in [5, 5.41) is 3.06. The minimum atomic E-state index is -0.571. The molecule has 0 aliphatic heterocycles. The van der Waals surface area contributed by atoms with Crippen molar-refractivity contribution in [1.29, 1.82) is 0 Å². The fraction of sp³-hybridized carbons (Fsp3) is 0. The molecule has 0 saturated heterocycles. The summed E-state index contributed by atoms with van der Waals surface area (Å²) in [5.74, 6) is -0.922. The zero-order chi connectivity index (χ0) is 14.0. The van der Waals surface area contributed by atoms with E-state index in [-0.39, 0.29) is 11.6 Å². The van der Waals surface area contributed by atoms with Gasteiger partial charge in [0, 0.05) is 14.3 Å². The van der Waals surface area contributed by atoms with E-state index in [1.807, 2.05) is 22.6 Å². The highest BCUT2D eigenvalue weighted by molar-refractivity contribution is 14.1. The lowest BCUT2D eigenvalue weighted by molar-refractivity contribution is 0.102. The molecular formula is C13H9ClFIN2O. The van der Waals surface area contributed by atoms with Crippen molar-refractivity contribution in [3.05, 3.63) is 56.4 Å². The van der Waals surface area contributed by atoms with Gasteiger partial charge in [0.2, 0.25) is 0 Å². The van der Waals surface area contributed by atoms with Gasteiger partial charge in [-0.3, -0.25) is 4.79 Å². The minimum Gasteiger partial charge on any atom is -0.396 e. The first-order valence-corrected chi connectivity index (χ1v) is 6.74. The average Bonchev–Trinajstić information content (AvgIpc) is 2.36. The number of halogens is 3. The predicted molar refractivity (Wildman–Crippen MR) is 82.9 cm³/mol. The summed E-state index contributed by atoms with van der Waals surface area (Å²) in [7, 11) is 0. The number of carbonyl (C=O) groups is 1. The quantitative estimate of drug-likeness (QED) is 0.603. The van der Waals surface area contributed by atoms with Gasteiger partial charge in [0.05, 0.1) is 11.3 Å². The van der Waals surface area contributed by atoms with Gasteiger partial charge in [0.1, 0.15) is 5.82 Å². The summed E-state index contributed by atoms with van der Waals surface area (Å²) >= 11 is 7.88. The lowest BCUT2D eigenvalue weighted by Gasteiger charge is -2.08. The molecule has 0 aromatic heterocycles. The van der Waals surface area contributed by atoms with E-state index in [2.05, 4.69) is 5.32 Å². The maximum absolute atomic E-state index is 13.3. The number of anilines is 2. The van der Waals surface area contributed by atoms with Crippen LogP contribution >= 0.6 is 34.2 Å². The Balaban J connectivity index is 2.25. The van der Waals surface area contributed by atoms with Crippen LogP contribution in [0.2, 0.25) is 5.02 Å². The summed E-state index contributed by atoms with van der Waals surface area (Å²) in [4.78, 5) is 12.1. The van der Waals surface area contributed by atoms with Gasteiger partial charge in [-0.25, -0.2) is 4.39 Å². The number of amides is 1. The number of nitrogens with two attached hydrogens (primary N) is 1. The van der Waals surface area contributed by atoms with Crippen molar-refractivity contribution >= 4 is 51.5 Å². The largest absolute Gasteiger partial charge is 0.396 e. The van der Waals surface area contributed by atoms with Crippen LogP contribution in [0.25, 0.3) is 0 Å². The Hall–Kier alpha value is -1.34. The van der Waals surface area contributed by atoms with Crippen molar-refractivity contribution in [2.24, 2.45) is 0 Å². The van der Waals surface area contributed by atoms with Crippen LogP contribution in [0, 0.1) is 9.39 Å². The molecule has 3 nitrogen and oxygen atoms in total. The molecule has 0 aliphatic carbocycles. The molecule has 2 rings (SSSR count). The van der Waals surface area contributed by atoms with Crippen LogP contribution in [-0.4, -0.2) is 5.91 Å². The van der Waals surface area contributed by atoms with Gasteiger partial charge >= 0.3 is 0 Å². The molecule has 0 radical (unpaired) electrons. The standard InChI is InChI=1S/C13H9ClFIN2O/c14-7-1-3-11(16)9(5-7)13(19)18-8-2-4-12(17)10(15)6-8/h1-6H,17H2,(H,18,19). The van der Waals surface area contributed by atoms with Gasteiger partial charge < -0.3 is 11.1 Å². The predicted octanol–water partition coefficient (Wildman–Crippen LogP) is 3.92. The van der Waals surface area contributed by atoms with Crippen LogP contribution in [0.3, 0.4) is 0 Å². The van der Waals surface area contributed by atoms with Gasteiger partial charge in [-0.15, -0.1) is 0 Å². The van der Waals surface area contributed by atoms with E-state index in [0.717, 1.165) is 3.57 Å². The highest BCUT2D eigenvalue weighted by atomic mass is 127. The number of hydrogen-bond acceptors (Lipinski definition) is 2. The van der Waals surface area contributed by atoms with E-state index in [0.29, 0.717) is 16.3 Å². The summed E-state index contributed by atoms with van der Waals surface area (Å²) in [6.07, 6.45) is 0. The van der Waals surface area contributed by atoms with Gasteiger partial charge in [0.15, 0.2) is 0 Å². The van der Waals surface area contributed by atoms with Crippen molar-refractivity contribution in [2.45, 2.75) is 0 Å². The van der Waals surface area contributed by atoms with E-state index >= 15 is 0 Å². The topological polar surface area (TPSA) is 55.1 Å². The Bertz CT molecular complexity index is 649. The SMILES string of the molecule is Nc1ccc(NC(=O)c2cc(Cl)ccc2I)cc1F. The Morgan fingerprint density at radius 3 is 2.68 bits per heavy atom. The number of benzene rings is 2. The third-order valence-corrected chi connectivity index (χ3v) is 3.61. The Morgan fingerprint density at radius 1 is 1.26 bits per heavy atom. The van der Waals surface area contributed by atoms with Gasteiger partial charge in [-0.1, -0.05) is 11.6 Å². The lowest BCUT2D eigenvalue weighted by Crippen LogP contribution is -2.13. The van der Waals surface area contributed by atoms with Crippen molar-refractivity contribution < 1.29 is 9.18 Å². The summed E-state index contributed by atoms with van der Waals surface area (Å²) in [5.41, 5.74) is 6.18. The van der Waals surface area contributed by atoms with Crippen LogP contribution in [0.15, 0.2) is 36.4 Å². The third-order valence-electron chi connectivity index (χ3n) is 2.43. The van der Waals surface area contributed by atoms with Crippen molar-refractivity contribution in [3.8, 4) is 0 Å². The Labute approximate surface area is 128 Å². The fourth-order valence-electron chi connectivity index (χ4n) is 1.47. The van der Waals surface area contributed by atoms with E-state index in [1.165, 1.54) is 18.2 Å². The van der Waals surface area contributed by atoms with E-state index in [4.69, 9.17) is 17.3 Å². The molecular weight excluding hydrogens is 382 g/mol. The molecule has 0 aliphatic rings. The average molecular weight is 391 g/mol. The monoisotopic (exact) mass is 390 g/mol. The molecule has 1 amide bonds. The number of hydrogen-bond donors (Lipinski definition) is 2. The van der Waals surface area contributed by atoms with Crippen molar-refractivity contribution in [3.63, 3.8) is 0 Å². The highest BCUT2D eigenvalue weighted by Gasteiger charge is 2.11. The first-order valence-electron chi connectivity index (χ1n) is 5.29. The van der Waals surface area contributed by atoms with Crippen LogP contribution in [0.5, 0.6) is 0 Å². The maximum Gasteiger partial charge on any atom is 0.256 e. The van der Waals surface area contributed by atoms with Crippen molar-refractivity contribution in [2.75, 3.05) is 11.1 Å². The van der Waals surface area contributed by atoms with Gasteiger partial charge in [0.25, 0.3) is 5.91 Å². The molecule has 19 heavy (non-hydrogen) atoms. The molecule has 0 unspecified atom stereocenters. The molecule has 6 heteroatoms. The molecule has 0 spiro atoms. The normalized spacial score (nSPS) is 10.3. The number of nitrogens with one attached hydrogen (secondary N) is 1. The second-order valence-corrected chi connectivity index (χ2v) is 5.41. The molecule has 98 valence electrons. The molecule has 0 atom stereocenters. The molecule has 2 aromatic carbocycles. The summed E-state index contributed by atoms with van der Waals surface area (Å²) in [6.45, 7) is 0. The Kier molecular flexibility index (Phi) is 4.26. The molecule has 2 aromatic rings. The zero-order valence-corrected chi connectivity index (χ0v) is 12.5. The van der Waals surface area contributed by atoms with E-state index in [1.54, 1.807) is 18.2 Å². The molecule has 0 bridgehead atoms. The highest BCUT2D eigenvalue weighted by Crippen LogP contribution is 2.21. The summed E-state index contributed by atoms with van der Waals surface area (Å²) in [6, 6.07) is 9.10. The van der Waals surface area contributed by atoms with Gasteiger partial charge in [-0.05, 0) is 59.0 Å². The minimum absolute atomic E-state index is 0.0373. The van der Waals surface area contributed by atoms with Crippen molar-refractivity contribution in [1.82, 2.24) is 0 Å². The number of nitrogen functional groups attached to an aromatic ring is 1. The fourth-order valence-corrected chi connectivity index (χ4v) is 2.23. The van der Waals surface area contributed by atoms with E-state index in [9.17, 15) is 9.18 Å². The molecule has 0 heterocycles. The first-order chi connectivity index (χ1) is 8.97. The lowest BCUT2D eigenvalue weighted by atomic mass is 10.2. The number of rotatable bonds is 2. The third kappa shape index (κ3) is 3.36. The van der Waals surface area contributed by atoms with Crippen LogP contribution < -0.4 is 11.1 Å². The Morgan fingerprint density at radius 2 is 2.00 bits per heavy atom. The first kappa shape index (κ1) is 14.1. The smallest absolute Gasteiger partial charge is 0.256 e. The zero-order valence-electron chi connectivity index (χ0n) is 9.58. The maximum atomic E-state index is 13.3. The second-order valence-electron chi connectivity index (χ2n) is 3.81. The van der Waals surface area contributed by atoms with E-state index < -0.39 is 5.82 Å². The van der Waals surface area contributed by atoms with Crippen LogP contribution in [0.4, 0.5) is 15.8 Å². The van der Waals surface area contributed by atoms with Crippen LogP contribution in [-0.2, 0) is 0 Å².